The van der Waals surface area contributed by atoms with Crippen molar-refractivity contribution in [3.8, 4) is 0 Å². The summed E-state index contributed by atoms with van der Waals surface area (Å²) >= 11 is 0. The number of nitrogen functional groups attached to an aromatic ring is 1. The molecular formula is C12H11N3. The topological polar surface area (TPSA) is 50.7 Å². The normalized spacial score (nSPS) is 10.7. The van der Waals surface area contributed by atoms with E-state index in [4.69, 9.17) is 5.73 Å². The Bertz CT molecular complexity index is 446. The van der Waals surface area contributed by atoms with E-state index in [-0.39, 0.29) is 0 Å². The Morgan fingerprint density at radius 1 is 0.867 bits per heavy atom. The molecule has 0 amide bonds. The first-order valence-corrected chi connectivity index (χ1v) is 4.67. The highest BCUT2D eigenvalue weighted by atomic mass is 14.8. The van der Waals surface area contributed by atoms with E-state index in [2.05, 4.69) is 10.2 Å². The van der Waals surface area contributed by atoms with Crippen LogP contribution in [-0.2, 0) is 0 Å². The monoisotopic (exact) mass is 196 g/mol. The lowest BCUT2D eigenvalue weighted by atomic mass is 10.3. The molecule has 0 heterocycles. The van der Waals surface area contributed by atoms with Crippen LogP contribution in [0.3, 0.4) is 0 Å². The quantitative estimate of drug-likeness (QED) is 0.578. The molecule has 2 aromatic carbocycles. The lowest BCUT2D eigenvalue weighted by Crippen LogP contribution is -1.80. The van der Waals surface area contributed by atoms with Crippen molar-refractivity contribution in [2.75, 3.05) is 5.73 Å². The van der Waals surface area contributed by atoms with E-state index in [1.807, 2.05) is 42.5 Å². The molecule has 15 heavy (non-hydrogen) atoms. The van der Waals surface area contributed by atoms with Gasteiger partial charge in [-0.05, 0) is 36.4 Å². The number of azo groups is 1. The van der Waals surface area contributed by atoms with Crippen LogP contribution in [0.2, 0.25) is 0 Å². The van der Waals surface area contributed by atoms with Crippen LogP contribution in [-0.4, -0.2) is 0 Å². The Labute approximate surface area is 88.3 Å². The molecular weight excluding hydrogens is 185 g/mol. The fraction of sp³-hybridized carbons (Fsp3) is 0. The minimum Gasteiger partial charge on any atom is -0.399 e. The van der Waals surface area contributed by atoms with Crippen LogP contribution < -0.4 is 5.73 Å². The number of nitrogens with two attached hydrogens (primary N) is 1. The van der Waals surface area contributed by atoms with Gasteiger partial charge in [0, 0.05) is 5.69 Å². The van der Waals surface area contributed by atoms with Crippen LogP contribution >= 0.6 is 0 Å². The van der Waals surface area contributed by atoms with Gasteiger partial charge < -0.3 is 5.73 Å². The van der Waals surface area contributed by atoms with Crippen molar-refractivity contribution in [2.24, 2.45) is 10.2 Å². The van der Waals surface area contributed by atoms with E-state index >= 15 is 0 Å². The third kappa shape index (κ3) is 2.64. The highest BCUT2D eigenvalue weighted by Gasteiger charge is 1.89. The highest BCUT2D eigenvalue weighted by Crippen LogP contribution is 2.18. The van der Waals surface area contributed by atoms with Gasteiger partial charge in [0.05, 0.1) is 11.4 Å². The van der Waals surface area contributed by atoms with Gasteiger partial charge in [-0.1, -0.05) is 18.2 Å². The smallest absolute Gasteiger partial charge is 0.0858 e. The van der Waals surface area contributed by atoms with Crippen molar-refractivity contribution in [1.29, 1.82) is 0 Å². The van der Waals surface area contributed by atoms with Gasteiger partial charge in [-0.15, -0.1) is 0 Å². The van der Waals surface area contributed by atoms with Gasteiger partial charge >= 0.3 is 0 Å². The van der Waals surface area contributed by atoms with Gasteiger partial charge in [-0.2, -0.15) is 10.2 Å². The summed E-state index contributed by atoms with van der Waals surface area (Å²) < 4.78 is 0. The Hall–Kier alpha value is -2.16. The molecule has 3 nitrogen and oxygen atoms in total. The first-order chi connectivity index (χ1) is 7.34. The van der Waals surface area contributed by atoms with E-state index in [0.29, 0.717) is 0 Å². The molecule has 0 aromatic heterocycles. The molecule has 0 saturated carbocycles. The molecule has 0 radical (unpaired) electrons. The SMILES string of the molecule is Nc1ccc([13N]=Nc2ccccc2)cc1. The minimum atomic E-state index is 0.730. The van der Waals surface area contributed by atoms with Crippen molar-refractivity contribution in [3.05, 3.63) is 54.6 Å². The maximum absolute atomic E-state index is 5.56. The minimum absolute atomic E-state index is 0.730. The highest BCUT2D eigenvalue weighted by molar-refractivity contribution is 5.47. The number of rotatable bonds is 2. The summed E-state index contributed by atoms with van der Waals surface area (Å²) in [6.45, 7) is 0. The molecule has 0 spiro atoms. The average molecular weight is 196 g/mol. The molecule has 3 heteroatoms. The van der Waals surface area contributed by atoms with Crippen molar-refractivity contribution >= 4 is 17.1 Å². The molecule has 0 saturated heterocycles. The second-order valence-electron chi connectivity index (χ2n) is 3.13. The number of benzene rings is 2. The fourth-order valence-corrected chi connectivity index (χ4v) is 1.15. The molecule has 2 N–H and O–H groups in total. The average Bonchev–Trinajstić information content (AvgIpc) is 2.30. The number of anilines is 1. The van der Waals surface area contributed by atoms with Gasteiger partial charge in [-0.3, -0.25) is 0 Å². The zero-order valence-corrected chi connectivity index (χ0v) is 8.17. The summed E-state index contributed by atoms with van der Waals surface area (Å²) in [5, 5.41) is 8.18. The lowest BCUT2D eigenvalue weighted by Gasteiger charge is -1.93. The summed E-state index contributed by atoms with van der Waals surface area (Å²) in [6, 6.07) is 16.9. The van der Waals surface area contributed by atoms with Crippen molar-refractivity contribution in [1.82, 2.24) is 0 Å². The lowest BCUT2D eigenvalue weighted by molar-refractivity contribution is 1.23. The van der Waals surface area contributed by atoms with Crippen molar-refractivity contribution in [2.45, 2.75) is 0 Å². The first kappa shape index (κ1) is 9.40. The van der Waals surface area contributed by atoms with Crippen LogP contribution in [0.5, 0.6) is 0 Å². The molecule has 74 valence electrons. The number of hydrogen-bond donors (Lipinski definition) is 1. The second-order valence-corrected chi connectivity index (χ2v) is 3.13. The van der Waals surface area contributed by atoms with Gasteiger partial charge in [-0.25, -0.2) is 0 Å². The molecule has 0 bridgehead atoms. The standard InChI is InChI=1S/C12H11N3/c13-10-6-8-12(9-7-10)15-14-11-4-2-1-3-5-11/h1-9H,13H2/i15-1. The summed E-state index contributed by atoms with van der Waals surface area (Å²) in [5.41, 5.74) is 7.93. The molecule has 0 aliphatic rings. The molecule has 0 atom stereocenters. The van der Waals surface area contributed by atoms with Crippen LogP contribution in [0.15, 0.2) is 64.8 Å². The summed E-state index contributed by atoms with van der Waals surface area (Å²) in [6.07, 6.45) is 0. The Morgan fingerprint density at radius 2 is 1.53 bits per heavy atom. The molecule has 0 aliphatic carbocycles. The Morgan fingerprint density at radius 3 is 2.20 bits per heavy atom. The number of nitrogens with zero attached hydrogens (tertiary/aromatic N) is 2. The summed E-state index contributed by atoms with van der Waals surface area (Å²) in [5.74, 6) is 0. The maximum Gasteiger partial charge on any atom is 0.0858 e. The molecule has 0 aliphatic heterocycles. The zero-order valence-electron chi connectivity index (χ0n) is 8.17. The van der Waals surface area contributed by atoms with Gasteiger partial charge in [0.1, 0.15) is 0 Å². The van der Waals surface area contributed by atoms with E-state index in [1.165, 1.54) is 0 Å². The summed E-state index contributed by atoms with van der Waals surface area (Å²) in [7, 11) is 0. The van der Waals surface area contributed by atoms with Gasteiger partial charge in [0.25, 0.3) is 0 Å². The van der Waals surface area contributed by atoms with Gasteiger partial charge in [0.15, 0.2) is 0 Å². The number of hydrogen-bond acceptors (Lipinski definition) is 3. The van der Waals surface area contributed by atoms with Crippen LogP contribution in [0, 0.1) is 0 Å². The molecule has 0 unspecified atom stereocenters. The van der Waals surface area contributed by atoms with Crippen LogP contribution in [0.1, 0.15) is 0 Å². The largest absolute Gasteiger partial charge is 0.399 e. The maximum atomic E-state index is 5.56. The van der Waals surface area contributed by atoms with E-state index in [9.17, 15) is 0 Å². The van der Waals surface area contributed by atoms with Crippen LogP contribution in [0.25, 0.3) is 0 Å². The Kier molecular flexibility index (Phi) is 2.74. The fourth-order valence-electron chi connectivity index (χ4n) is 1.15. The molecule has 2 rings (SSSR count). The van der Waals surface area contributed by atoms with E-state index < -0.39 is 0 Å². The van der Waals surface area contributed by atoms with E-state index in [1.54, 1.807) is 12.1 Å². The second kappa shape index (κ2) is 4.37. The van der Waals surface area contributed by atoms with Crippen LogP contribution in [0.4, 0.5) is 17.1 Å². The first-order valence-electron chi connectivity index (χ1n) is 4.67. The molecule has 0 fully saturated rings. The van der Waals surface area contributed by atoms with Crippen molar-refractivity contribution < 1.29 is 0 Å². The summed E-state index contributed by atoms with van der Waals surface area (Å²) in [4.78, 5) is 0. The van der Waals surface area contributed by atoms with E-state index in [0.717, 1.165) is 17.1 Å². The predicted molar refractivity (Wildman–Crippen MR) is 61.5 cm³/mol. The van der Waals surface area contributed by atoms with Crippen molar-refractivity contribution in [3.63, 3.8) is 0 Å². The predicted octanol–water partition coefficient (Wildman–Crippen LogP) is 3.68. The van der Waals surface area contributed by atoms with Gasteiger partial charge in [0.2, 0.25) is 0 Å². The third-order valence-electron chi connectivity index (χ3n) is 1.93. The third-order valence-corrected chi connectivity index (χ3v) is 1.93. The molecule has 2 aromatic rings. The zero-order chi connectivity index (χ0) is 10.5. The Balaban J connectivity index is 2.15.